The molecular formula is C22H19ClN4O5. The van der Waals surface area contributed by atoms with Gasteiger partial charge in [-0.15, -0.1) is 0 Å². The molecule has 9 nitrogen and oxygen atoms in total. The van der Waals surface area contributed by atoms with E-state index in [2.05, 4.69) is 19.9 Å². The number of nitrogens with zero attached hydrogens (tertiary/aromatic N) is 3. The van der Waals surface area contributed by atoms with Crippen LogP contribution in [0.25, 0.3) is 21.8 Å². The highest BCUT2D eigenvalue weighted by Gasteiger charge is 2.13. The maximum atomic E-state index is 11.6. The van der Waals surface area contributed by atoms with Crippen LogP contribution in [-0.2, 0) is 9.47 Å². The van der Waals surface area contributed by atoms with Gasteiger partial charge in [0.2, 0.25) is 11.6 Å². The van der Waals surface area contributed by atoms with Gasteiger partial charge in [-0.05, 0) is 38.1 Å². The molecular weight excluding hydrogens is 436 g/mol. The highest BCUT2D eigenvalue weighted by Crippen LogP contribution is 2.19. The van der Waals surface area contributed by atoms with E-state index >= 15 is 0 Å². The number of aromatic nitrogens is 4. The zero-order chi connectivity index (χ0) is 23.1. The molecule has 10 heteroatoms. The molecule has 0 aliphatic rings. The fourth-order valence-corrected chi connectivity index (χ4v) is 2.95. The number of carbonyl (C=O) groups excluding carboxylic acids is 2. The van der Waals surface area contributed by atoms with Crippen LogP contribution < -0.4 is 5.56 Å². The van der Waals surface area contributed by atoms with E-state index in [4.69, 9.17) is 21.1 Å². The second kappa shape index (κ2) is 10.5. The SMILES string of the molecule is CCOC(=O)c1nc(Cl)c2ccccc2n1.CCOC(=O)c1nc2ccccc2c(=O)[nH]1. The first-order chi connectivity index (χ1) is 15.4. The lowest BCUT2D eigenvalue weighted by Crippen LogP contribution is -2.17. The van der Waals surface area contributed by atoms with Gasteiger partial charge in [0, 0.05) is 5.39 Å². The van der Waals surface area contributed by atoms with Crippen molar-refractivity contribution in [3.05, 3.63) is 75.7 Å². The van der Waals surface area contributed by atoms with Crippen molar-refractivity contribution in [2.24, 2.45) is 0 Å². The fourth-order valence-electron chi connectivity index (χ4n) is 2.71. The molecule has 0 bridgehead atoms. The van der Waals surface area contributed by atoms with Crippen molar-refractivity contribution >= 4 is 45.3 Å². The Labute approximate surface area is 187 Å². The van der Waals surface area contributed by atoms with E-state index in [0.717, 1.165) is 5.39 Å². The Balaban J connectivity index is 0.000000181. The minimum absolute atomic E-state index is 0.00875. The van der Waals surface area contributed by atoms with E-state index < -0.39 is 11.9 Å². The molecule has 164 valence electrons. The zero-order valence-electron chi connectivity index (χ0n) is 17.3. The maximum Gasteiger partial charge on any atom is 0.376 e. The second-order valence-electron chi connectivity index (χ2n) is 6.23. The first kappa shape index (κ1) is 22.8. The predicted molar refractivity (Wildman–Crippen MR) is 119 cm³/mol. The zero-order valence-corrected chi connectivity index (χ0v) is 18.0. The lowest BCUT2D eigenvalue weighted by Gasteiger charge is -2.03. The number of para-hydroxylation sites is 2. The quantitative estimate of drug-likeness (QED) is 0.366. The molecule has 0 atom stereocenters. The van der Waals surface area contributed by atoms with Gasteiger partial charge in [0.05, 0.1) is 29.6 Å². The molecule has 0 unspecified atom stereocenters. The Morgan fingerprint density at radius 2 is 1.41 bits per heavy atom. The molecule has 0 amide bonds. The summed E-state index contributed by atoms with van der Waals surface area (Å²) in [6, 6.07) is 14.0. The highest BCUT2D eigenvalue weighted by molar-refractivity contribution is 6.34. The van der Waals surface area contributed by atoms with Crippen molar-refractivity contribution in [3.63, 3.8) is 0 Å². The van der Waals surface area contributed by atoms with Crippen molar-refractivity contribution in [2.75, 3.05) is 13.2 Å². The number of nitrogens with one attached hydrogen (secondary N) is 1. The van der Waals surface area contributed by atoms with Crippen molar-refractivity contribution in [1.82, 2.24) is 19.9 Å². The van der Waals surface area contributed by atoms with Crippen LogP contribution in [0.1, 0.15) is 35.1 Å². The van der Waals surface area contributed by atoms with Crippen molar-refractivity contribution in [1.29, 1.82) is 0 Å². The number of ether oxygens (including phenoxy) is 2. The first-order valence-electron chi connectivity index (χ1n) is 9.70. The van der Waals surface area contributed by atoms with Crippen LogP contribution in [0.3, 0.4) is 0 Å². The summed E-state index contributed by atoms with van der Waals surface area (Å²) in [6.45, 7) is 3.94. The molecule has 0 spiro atoms. The Bertz CT molecular complexity index is 1340. The van der Waals surface area contributed by atoms with Crippen LogP contribution >= 0.6 is 11.6 Å². The first-order valence-corrected chi connectivity index (χ1v) is 10.1. The Morgan fingerprint density at radius 1 is 0.844 bits per heavy atom. The number of rotatable bonds is 4. The molecule has 1 N–H and O–H groups in total. The third kappa shape index (κ3) is 5.25. The number of esters is 2. The summed E-state index contributed by atoms with van der Waals surface area (Å²) in [4.78, 5) is 48.8. The maximum absolute atomic E-state index is 11.6. The molecule has 0 aliphatic carbocycles. The number of fused-ring (bicyclic) bond motifs is 2. The number of hydrogen-bond acceptors (Lipinski definition) is 8. The Kier molecular flexibility index (Phi) is 7.45. The topological polar surface area (TPSA) is 124 Å². The number of hydrogen-bond donors (Lipinski definition) is 1. The second-order valence-corrected chi connectivity index (χ2v) is 6.59. The van der Waals surface area contributed by atoms with Gasteiger partial charge in [0.1, 0.15) is 5.15 Å². The number of carbonyl (C=O) groups is 2. The van der Waals surface area contributed by atoms with Gasteiger partial charge >= 0.3 is 11.9 Å². The summed E-state index contributed by atoms with van der Waals surface area (Å²) in [7, 11) is 0. The highest BCUT2D eigenvalue weighted by atomic mass is 35.5. The molecule has 0 saturated heterocycles. The third-order valence-corrected chi connectivity index (χ3v) is 4.38. The van der Waals surface area contributed by atoms with E-state index in [9.17, 15) is 14.4 Å². The van der Waals surface area contributed by atoms with E-state index in [1.807, 2.05) is 12.1 Å². The summed E-state index contributed by atoms with van der Waals surface area (Å²) >= 11 is 5.95. The average Bonchev–Trinajstić information content (AvgIpc) is 2.80. The normalized spacial score (nSPS) is 10.3. The summed E-state index contributed by atoms with van der Waals surface area (Å²) in [5.74, 6) is -1.25. The van der Waals surface area contributed by atoms with Gasteiger partial charge < -0.3 is 14.5 Å². The molecule has 32 heavy (non-hydrogen) atoms. The lowest BCUT2D eigenvalue weighted by atomic mass is 10.2. The fraction of sp³-hybridized carbons (Fsp3) is 0.182. The molecule has 0 fully saturated rings. The molecule has 4 rings (SSSR count). The summed E-state index contributed by atoms with van der Waals surface area (Å²) in [5.41, 5.74) is 0.772. The van der Waals surface area contributed by atoms with Crippen molar-refractivity contribution in [2.45, 2.75) is 13.8 Å². The standard InChI is InChI=1S/C11H9ClN2O2.C11H10N2O3/c1-2-16-11(15)10-13-8-6-4-3-5-7(8)9(12)14-10;1-2-16-11(15)9-12-8-6-4-3-5-7(8)10(14)13-9/h3-6H,2H2,1H3;3-6H,2H2,1H3,(H,12,13,14). The summed E-state index contributed by atoms with van der Waals surface area (Å²) in [5, 5.41) is 1.43. The van der Waals surface area contributed by atoms with Crippen LogP contribution in [0.2, 0.25) is 5.15 Å². The smallest absolute Gasteiger partial charge is 0.376 e. The molecule has 4 aromatic rings. The van der Waals surface area contributed by atoms with Gasteiger partial charge in [-0.25, -0.2) is 24.5 Å². The third-order valence-electron chi connectivity index (χ3n) is 4.10. The number of benzene rings is 2. The number of H-pyrrole nitrogens is 1. The molecule has 2 aromatic carbocycles. The minimum atomic E-state index is -0.620. The average molecular weight is 455 g/mol. The summed E-state index contributed by atoms with van der Waals surface area (Å²) < 4.78 is 9.57. The van der Waals surface area contributed by atoms with E-state index in [0.29, 0.717) is 16.4 Å². The van der Waals surface area contributed by atoms with E-state index in [-0.39, 0.29) is 35.6 Å². The van der Waals surface area contributed by atoms with Gasteiger partial charge in [-0.1, -0.05) is 35.9 Å². The molecule has 0 saturated carbocycles. The lowest BCUT2D eigenvalue weighted by molar-refractivity contribution is 0.0503. The van der Waals surface area contributed by atoms with Gasteiger partial charge in [0.25, 0.3) is 5.56 Å². The molecule has 2 aromatic heterocycles. The Morgan fingerprint density at radius 3 is 2.06 bits per heavy atom. The van der Waals surface area contributed by atoms with Gasteiger partial charge in [0.15, 0.2) is 0 Å². The van der Waals surface area contributed by atoms with Gasteiger partial charge in [-0.3, -0.25) is 4.79 Å². The summed E-state index contributed by atoms with van der Waals surface area (Å²) in [6.07, 6.45) is 0. The van der Waals surface area contributed by atoms with Crippen molar-refractivity contribution < 1.29 is 19.1 Å². The monoisotopic (exact) mass is 454 g/mol. The predicted octanol–water partition coefficient (Wildman–Crippen LogP) is 3.56. The molecule has 0 radical (unpaired) electrons. The van der Waals surface area contributed by atoms with E-state index in [1.54, 1.807) is 50.2 Å². The van der Waals surface area contributed by atoms with Crippen LogP contribution in [-0.4, -0.2) is 45.1 Å². The number of halogens is 1. The van der Waals surface area contributed by atoms with Crippen LogP contribution in [0.15, 0.2) is 53.3 Å². The largest absolute Gasteiger partial charge is 0.460 e. The molecule has 2 heterocycles. The Hall–Kier alpha value is -3.85. The van der Waals surface area contributed by atoms with E-state index in [1.165, 1.54) is 0 Å². The van der Waals surface area contributed by atoms with Crippen molar-refractivity contribution in [3.8, 4) is 0 Å². The van der Waals surface area contributed by atoms with Gasteiger partial charge in [-0.2, -0.15) is 0 Å². The molecule has 0 aliphatic heterocycles. The van der Waals surface area contributed by atoms with Crippen LogP contribution in [0, 0.1) is 0 Å². The minimum Gasteiger partial charge on any atom is -0.460 e. The van der Waals surface area contributed by atoms with Crippen LogP contribution in [0.5, 0.6) is 0 Å². The van der Waals surface area contributed by atoms with Crippen LogP contribution in [0.4, 0.5) is 0 Å². The number of aromatic amines is 1.